The summed E-state index contributed by atoms with van der Waals surface area (Å²) in [6.45, 7) is 6.60. The fourth-order valence-electron chi connectivity index (χ4n) is 2.69. The van der Waals surface area contributed by atoms with Crippen LogP contribution in [-0.4, -0.2) is 11.7 Å². The van der Waals surface area contributed by atoms with E-state index in [-0.39, 0.29) is 16.7 Å². The largest absolute Gasteiger partial charge is 0.295 e. The minimum absolute atomic E-state index is 0.0780. The quantitative estimate of drug-likeness (QED) is 0.797. The first-order chi connectivity index (χ1) is 10.5. The molecule has 0 aliphatic carbocycles. The average molecular weight is 311 g/mol. The highest BCUT2D eigenvalue weighted by atomic mass is 32.2. The van der Waals surface area contributed by atoms with E-state index in [1.54, 1.807) is 11.8 Å². The van der Waals surface area contributed by atoms with E-state index >= 15 is 0 Å². The number of hydrogen-bond donors (Lipinski definition) is 0. The van der Waals surface area contributed by atoms with Crippen molar-refractivity contribution in [2.45, 2.75) is 31.6 Å². The minimum atomic E-state index is 0.0780. The number of amides is 1. The molecule has 0 radical (unpaired) electrons. The van der Waals surface area contributed by atoms with E-state index in [4.69, 9.17) is 0 Å². The van der Waals surface area contributed by atoms with Crippen LogP contribution in [0.4, 0.5) is 5.69 Å². The fraction of sp³-hybridized carbons (Fsp3) is 0.316. The van der Waals surface area contributed by atoms with Gasteiger partial charge in [0, 0.05) is 5.69 Å². The second-order valence-corrected chi connectivity index (χ2v) is 7.70. The molecular weight excluding hydrogens is 290 g/mol. The third kappa shape index (κ3) is 2.91. The van der Waals surface area contributed by atoms with Crippen LogP contribution in [-0.2, 0) is 10.2 Å². The first-order valence-electron chi connectivity index (χ1n) is 7.56. The Morgan fingerprint density at radius 1 is 1.00 bits per heavy atom. The zero-order chi connectivity index (χ0) is 15.7. The maximum Gasteiger partial charge on any atom is 0.238 e. The van der Waals surface area contributed by atoms with Gasteiger partial charge in [0.2, 0.25) is 5.91 Å². The van der Waals surface area contributed by atoms with E-state index in [0.717, 1.165) is 5.69 Å². The van der Waals surface area contributed by atoms with Gasteiger partial charge in [-0.25, -0.2) is 0 Å². The minimum Gasteiger partial charge on any atom is -0.295 e. The lowest BCUT2D eigenvalue weighted by molar-refractivity contribution is -0.115. The van der Waals surface area contributed by atoms with Gasteiger partial charge in [-0.05, 0) is 28.7 Å². The summed E-state index contributed by atoms with van der Waals surface area (Å²) in [5, 5.41) is 0.0780. The molecule has 1 aliphatic heterocycles. The lowest BCUT2D eigenvalue weighted by Gasteiger charge is -2.26. The summed E-state index contributed by atoms with van der Waals surface area (Å²) in [5.41, 5.74) is 3.57. The van der Waals surface area contributed by atoms with Crippen LogP contribution in [0.25, 0.3) is 0 Å². The summed E-state index contributed by atoms with van der Waals surface area (Å²) in [6, 6.07) is 18.6. The van der Waals surface area contributed by atoms with Crippen LogP contribution < -0.4 is 4.90 Å². The van der Waals surface area contributed by atoms with Crippen LogP contribution >= 0.6 is 11.8 Å². The van der Waals surface area contributed by atoms with Gasteiger partial charge in [-0.15, -0.1) is 11.8 Å². The van der Waals surface area contributed by atoms with Crippen LogP contribution in [0, 0.1) is 0 Å². The first kappa shape index (κ1) is 15.2. The van der Waals surface area contributed by atoms with Gasteiger partial charge in [0.05, 0.1) is 5.75 Å². The molecule has 0 spiro atoms. The SMILES string of the molecule is CC(C)(C)c1ccc(N2C(=O)CSC2c2ccccc2)cc1. The summed E-state index contributed by atoms with van der Waals surface area (Å²) in [7, 11) is 0. The van der Waals surface area contributed by atoms with Crippen molar-refractivity contribution in [2.75, 3.05) is 10.7 Å². The molecule has 1 aliphatic rings. The fourth-order valence-corrected chi connectivity index (χ4v) is 3.87. The van der Waals surface area contributed by atoms with Gasteiger partial charge >= 0.3 is 0 Å². The van der Waals surface area contributed by atoms with Gasteiger partial charge in [-0.2, -0.15) is 0 Å². The molecule has 1 fully saturated rings. The highest BCUT2D eigenvalue weighted by Gasteiger charge is 2.33. The monoisotopic (exact) mass is 311 g/mol. The van der Waals surface area contributed by atoms with Crippen molar-refractivity contribution in [1.82, 2.24) is 0 Å². The van der Waals surface area contributed by atoms with Crippen molar-refractivity contribution < 1.29 is 4.79 Å². The standard InChI is InChI=1S/C19H21NOS/c1-19(2,3)15-9-11-16(12-10-15)20-17(21)13-22-18(20)14-7-5-4-6-8-14/h4-12,18H,13H2,1-3H3. The van der Waals surface area contributed by atoms with E-state index in [9.17, 15) is 4.79 Å². The second-order valence-electron chi connectivity index (χ2n) is 6.63. The number of thioether (sulfide) groups is 1. The Morgan fingerprint density at radius 3 is 2.23 bits per heavy atom. The summed E-state index contributed by atoms with van der Waals surface area (Å²) in [6.07, 6.45) is 0. The van der Waals surface area contributed by atoms with Crippen molar-refractivity contribution >= 4 is 23.4 Å². The molecule has 2 aromatic carbocycles. The smallest absolute Gasteiger partial charge is 0.238 e. The molecule has 0 N–H and O–H groups in total. The summed E-state index contributed by atoms with van der Waals surface area (Å²) >= 11 is 1.69. The Morgan fingerprint density at radius 2 is 1.64 bits per heavy atom. The maximum absolute atomic E-state index is 12.3. The number of hydrogen-bond acceptors (Lipinski definition) is 2. The van der Waals surface area contributed by atoms with E-state index < -0.39 is 0 Å². The summed E-state index contributed by atoms with van der Waals surface area (Å²) in [4.78, 5) is 14.3. The van der Waals surface area contributed by atoms with E-state index in [1.165, 1.54) is 11.1 Å². The van der Waals surface area contributed by atoms with E-state index in [2.05, 4.69) is 57.2 Å². The predicted molar refractivity (Wildman–Crippen MR) is 94.3 cm³/mol. The van der Waals surface area contributed by atoms with Crippen molar-refractivity contribution in [2.24, 2.45) is 0 Å². The number of carbonyl (C=O) groups is 1. The molecule has 22 heavy (non-hydrogen) atoms. The van der Waals surface area contributed by atoms with Gasteiger partial charge in [0.25, 0.3) is 0 Å². The topological polar surface area (TPSA) is 20.3 Å². The second kappa shape index (κ2) is 5.81. The van der Waals surface area contributed by atoms with Gasteiger partial charge in [-0.1, -0.05) is 63.2 Å². The molecule has 1 atom stereocenters. The Labute approximate surface area is 136 Å². The average Bonchev–Trinajstić information content (AvgIpc) is 2.89. The molecule has 1 saturated heterocycles. The third-order valence-corrected chi connectivity index (χ3v) is 5.18. The third-order valence-electron chi connectivity index (χ3n) is 3.96. The molecular formula is C19H21NOS. The Bertz CT molecular complexity index is 658. The Hall–Kier alpha value is -1.74. The van der Waals surface area contributed by atoms with Crippen LogP contribution in [0.3, 0.4) is 0 Å². The van der Waals surface area contributed by atoms with E-state index in [1.807, 2.05) is 23.1 Å². The van der Waals surface area contributed by atoms with Crippen LogP contribution in [0.5, 0.6) is 0 Å². The van der Waals surface area contributed by atoms with Gasteiger partial charge in [-0.3, -0.25) is 9.69 Å². The van der Waals surface area contributed by atoms with Crippen molar-refractivity contribution in [3.05, 3.63) is 65.7 Å². The summed E-state index contributed by atoms with van der Waals surface area (Å²) in [5.74, 6) is 0.725. The lowest BCUT2D eigenvalue weighted by atomic mass is 9.87. The highest BCUT2D eigenvalue weighted by molar-refractivity contribution is 8.00. The number of rotatable bonds is 2. The van der Waals surface area contributed by atoms with Crippen LogP contribution in [0.1, 0.15) is 37.3 Å². The molecule has 0 bridgehead atoms. The number of carbonyl (C=O) groups excluding carboxylic acids is 1. The van der Waals surface area contributed by atoms with Crippen LogP contribution in [0.15, 0.2) is 54.6 Å². The highest BCUT2D eigenvalue weighted by Crippen LogP contribution is 2.41. The molecule has 1 amide bonds. The molecule has 1 unspecified atom stereocenters. The maximum atomic E-state index is 12.3. The van der Waals surface area contributed by atoms with Crippen LogP contribution in [0.2, 0.25) is 0 Å². The zero-order valence-corrected chi connectivity index (χ0v) is 14.1. The molecule has 1 heterocycles. The lowest BCUT2D eigenvalue weighted by Crippen LogP contribution is -2.27. The van der Waals surface area contributed by atoms with E-state index in [0.29, 0.717) is 5.75 Å². The van der Waals surface area contributed by atoms with Crippen molar-refractivity contribution in [3.63, 3.8) is 0 Å². The summed E-state index contributed by atoms with van der Waals surface area (Å²) < 4.78 is 0. The van der Waals surface area contributed by atoms with Gasteiger partial charge in [0.15, 0.2) is 0 Å². The zero-order valence-electron chi connectivity index (χ0n) is 13.2. The number of benzene rings is 2. The number of anilines is 1. The van der Waals surface area contributed by atoms with Crippen molar-refractivity contribution in [3.8, 4) is 0 Å². The number of nitrogens with zero attached hydrogens (tertiary/aromatic N) is 1. The first-order valence-corrected chi connectivity index (χ1v) is 8.61. The molecule has 0 saturated carbocycles. The normalized spacial score (nSPS) is 18.8. The molecule has 3 heteroatoms. The Balaban J connectivity index is 1.93. The van der Waals surface area contributed by atoms with Gasteiger partial charge in [0.1, 0.15) is 5.37 Å². The molecule has 2 nitrogen and oxygen atoms in total. The molecule has 2 aromatic rings. The predicted octanol–water partition coefficient (Wildman–Crippen LogP) is 4.76. The Kier molecular flexibility index (Phi) is 4.00. The molecule has 3 rings (SSSR count). The molecule has 0 aromatic heterocycles. The van der Waals surface area contributed by atoms with Gasteiger partial charge < -0.3 is 0 Å². The molecule has 114 valence electrons. The van der Waals surface area contributed by atoms with Crippen molar-refractivity contribution in [1.29, 1.82) is 0 Å².